The Labute approximate surface area is 121 Å². The molecule has 0 aliphatic carbocycles. The zero-order valence-corrected chi connectivity index (χ0v) is 13.8. The SMILES string of the molecule is C[C@@H](Br)CC(C#N)CC(O)CCCCC(C)(C)C. The minimum atomic E-state index is -0.319. The van der Waals surface area contributed by atoms with E-state index in [2.05, 4.69) is 42.8 Å². The molecule has 0 aromatic heterocycles. The Morgan fingerprint density at radius 2 is 1.83 bits per heavy atom. The Kier molecular flexibility index (Phi) is 8.90. The summed E-state index contributed by atoms with van der Waals surface area (Å²) in [7, 11) is 0. The summed E-state index contributed by atoms with van der Waals surface area (Å²) in [6.07, 6.45) is 5.34. The number of rotatable bonds is 8. The second-order valence-corrected chi connectivity index (χ2v) is 8.10. The van der Waals surface area contributed by atoms with Gasteiger partial charge < -0.3 is 5.11 Å². The lowest BCUT2D eigenvalue weighted by molar-refractivity contribution is 0.136. The second kappa shape index (κ2) is 8.93. The number of halogens is 1. The lowest BCUT2D eigenvalue weighted by Crippen LogP contribution is -2.15. The van der Waals surface area contributed by atoms with E-state index in [9.17, 15) is 5.11 Å². The van der Waals surface area contributed by atoms with E-state index in [0.717, 1.165) is 25.7 Å². The summed E-state index contributed by atoms with van der Waals surface area (Å²) in [6.45, 7) is 8.77. The highest BCUT2D eigenvalue weighted by Gasteiger charge is 2.16. The molecular formula is C15H28BrNO. The van der Waals surface area contributed by atoms with Gasteiger partial charge in [-0.15, -0.1) is 0 Å². The summed E-state index contributed by atoms with van der Waals surface area (Å²) < 4.78 is 0. The van der Waals surface area contributed by atoms with Gasteiger partial charge in [-0.1, -0.05) is 56.5 Å². The predicted octanol–water partition coefficient (Wildman–Crippen LogP) is 4.66. The molecule has 0 bridgehead atoms. The Bertz CT molecular complexity index is 252. The van der Waals surface area contributed by atoms with Crippen molar-refractivity contribution >= 4 is 15.9 Å². The summed E-state index contributed by atoms with van der Waals surface area (Å²) in [6, 6.07) is 2.29. The zero-order chi connectivity index (χ0) is 14.2. The van der Waals surface area contributed by atoms with Crippen LogP contribution in [0.5, 0.6) is 0 Å². The summed E-state index contributed by atoms with van der Waals surface area (Å²) in [5.41, 5.74) is 0.380. The maximum Gasteiger partial charge on any atom is 0.0657 e. The molecular weight excluding hydrogens is 290 g/mol. The van der Waals surface area contributed by atoms with Crippen LogP contribution in [0.2, 0.25) is 0 Å². The first kappa shape index (κ1) is 17.9. The second-order valence-electron chi connectivity index (χ2n) is 6.54. The number of hydrogen-bond donors (Lipinski definition) is 1. The van der Waals surface area contributed by atoms with Crippen molar-refractivity contribution in [1.29, 1.82) is 5.26 Å². The summed E-state index contributed by atoms with van der Waals surface area (Å²) in [5.74, 6) is -0.0306. The van der Waals surface area contributed by atoms with Gasteiger partial charge >= 0.3 is 0 Å². The molecule has 0 fully saturated rings. The number of aliphatic hydroxyl groups excluding tert-OH is 1. The van der Waals surface area contributed by atoms with Crippen LogP contribution in [-0.4, -0.2) is 16.0 Å². The summed E-state index contributed by atoms with van der Waals surface area (Å²) >= 11 is 3.46. The molecule has 0 spiro atoms. The van der Waals surface area contributed by atoms with Crippen molar-refractivity contribution in [3.8, 4) is 6.07 Å². The molecule has 0 rings (SSSR count). The van der Waals surface area contributed by atoms with Crippen LogP contribution in [0.15, 0.2) is 0 Å². The minimum Gasteiger partial charge on any atom is -0.393 e. The maximum atomic E-state index is 9.93. The fraction of sp³-hybridized carbons (Fsp3) is 0.933. The van der Waals surface area contributed by atoms with Gasteiger partial charge in [-0.2, -0.15) is 5.26 Å². The first-order chi connectivity index (χ1) is 8.24. The van der Waals surface area contributed by atoms with E-state index < -0.39 is 0 Å². The average Bonchev–Trinajstić information content (AvgIpc) is 2.21. The van der Waals surface area contributed by atoms with E-state index in [0.29, 0.717) is 16.7 Å². The summed E-state index contributed by atoms with van der Waals surface area (Å²) in [4.78, 5) is 0.343. The van der Waals surface area contributed by atoms with Crippen LogP contribution in [0.3, 0.4) is 0 Å². The van der Waals surface area contributed by atoms with Gasteiger partial charge in [0.15, 0.2) is 0 Å². The van der Waals surface area contributed by atoms with Crippen LogP contribution in [0.25, 0.3) is 0 Å². The average molecular weight is 318 g/mol. The fourth-order valence-electron chi connectivity index (χ4n) is 2.08. The minimum absolute atomic E-state index is 0.0306. The van der Waals surface area contributed by atoms with Crippen molar-refractivity contribution in [2.75, 3.05) is 0 Å². The van der Waals surface area contributed by atoms with E-state index in [1.54, 1.807) is 0 Å². The van der Waals surface area contributed by atoms with Crippen molar-refractivity contribution in [2.24, 2.45) is 11.3 Å². The van der Waals surface area contributed by atoms with E-state index in [4.69, 9.17) is 5.26 Å². The number of unbranched alkanes of at least 4 members (excludes halogenated alkanes) is 1. The number of aliphatic hydroxyl groups is 1. The fourth-order valence-corrected chi connectivity index (χ4v) is 2.53. The van der Waals surface area contributed by atoms with Gasteiger partial charge in [-0.25, -0.2) is 0 Å². The van der Waals surface area contributed by atoms with Crippen LogP contribution in [0.4, 0.5) is 0 Å². The Morgan fingerprint density at radius 1 is 1.22 bits per heavy atom. The topological polar surface area (TPSA) is 44.0 Å². The third-order valence-corrected chi connectivity index (χ3v) is 3.44. The molecule has 18 heavy (non-hydrogen) atoms. The van der Waals surface area contributed by atoms with Gasteiger partial charge in [0.05, 0.1) is 12.2 Å². The molecule has 0 aromatic rings. The largest absolute Gasteiger partial charge is 0.393 e. The van der Waals surface area contributed by atoms with Crippen LogP contribution in [-0.2, 0) is 0 Å². The first-order valence-electron chi connectivity index (χ1n) is 6.96. The zero-order valence-electron chi connectivity index (χ0n) is 12.2. The summed E-state index contributed by atoms with van der Waals surface area (Å²) in [5, 5.41) is 18.9. The number of hydrogen-bond acceptors (Lipinski definition) is 2. The highest BCUT2D eigenvalue weighted by molar-refractivity contribution is 9.09. The van der Waals surface area contributed by atoms with Crippen molar-refractivity contribution in [3.05, 3.63) is 0 Å². The third-order valence-electron chi connectivity index (χ3n) is 3.06. The Balaban J connectivity index is 3.76. The standard InChI is InChI=1S/C15H28BrNO/c1-12(16)9-13(11-17)10-14(18)7-5-6-8-15(2,3)4/h12-14,18H,5-10H2,1-4H3/t12-,13?,14?/m1/s1. The normalized spacial score (nSPS) is 16.9. The Hall–Kier alpha value is -0.0700. The van der Waals surface area contributed by atoms with E-state index >= 15 is 0 Å². The van der Waals surface area contributed by atoms with Gasteiger partial charge in [0.25, 0.3) is 0 Å². The van der Waals surface area contributed by atoms with Crippen LogP contribution >= 0.6 is 15.9 Å². The first-order valence-corrected chi connectivity index (χ1v) is 7.88. The van der Waals surface area contributed by atoms with Crippen molar-refractivity contribution in [2.45, 2.75) is 77.2 Å². The molecule has 106 valence electrons. The van der Waals surface area contributed by atoms with Gasteiger partial charge in [0.1, 0.15) is 0 Å². The maximum absolute atomic E-state index is 9.93. The lowest BCUT2D eigenvalue weighted by Gasteiger charge is -2.19. The smallest absolute Gasteiger partial charge is 0.0657 e. The molecule has 3 heteroatoms. The van der Waals surface area contributed by atoms with Gasteiger partial charge in [-0.3, -0.25) is 0 Å². The molecule has 0 aromatic carbocycles. The molecule has 2 nitrogen and oxygen atoms in total. The monoisotopic (exact) mass is 317 g/mol. The van der Waals surface area contributed by atoms with Crippen molar-refractivity contribution in [3.63, 3.8) is 0 Å². The van der Waals surface area contributed by atoms with Crippen LogP contribution in [0, 0.1) is 22.7 Å². The van der Waals surface area contributed by atoms with E-state index in [1.165, 1.54) is 6.42 Å². The van der Waals surface area contributed by atoms with Crippen LogP contribution < -0.4 is 0 Å². The third kappa shape index (κ3) is 11.0. The molecule has 1 N–H and O–H groups in total. The molecule has 3 atom stereocenters. The quantitative estimate of drug-likeness (QED) is 0.522. The highest BCUT2D eigenvalue weighted by Crippen LogP contribution is 2.24. The molecule has 2 unspecified atom stereocenters. The molecule has 0 aliphatic rings. The Morgan fingerprint density at radius 3 is 2.28 bits per heavy atom. The van der Waals surface area contributed by atoms with Gasteiger partial charge in [0, 0.05) is 10.7 Å². The molecule has 0 saturated heterocycles. The molecule has 0 amide bonds. The van der Waals surface area contributed by atoms with Crippen LogP contribution in [0.1, 0.15) is 66.2 Å². The highest BCUT2D eigenvalue weighted by atomic mass is 79.9. The lowest BCUT2D eigenvalue weighted by atomic mass is 9.88. The number of nitriles is 1. The molecule has 0 radical (unpaired) electrons. The number of nitrogens with zero attached hydrogens (tertiary/aromatic N) is 1. The molecule has 0 saturated carbocycles. The van der Waals surface area contributed by atoms with Gasteiger partial charge in [-0.05, 0) is 31.1 Å². The van der Waals surface area contributed by atoms with Crippen molar-refractivity contribution in [1.82, 2.24) is 0 Å². The number of alkyl halides is 1. The molecule has 0 aliphatic heterocycles. The molecule has 0 heterocycles. The van der Waals surface area contributed by atoms with E-state index in [-0.39, 0.29) is 12.0 Å². The van der Waals surface area contributed by atoms with E-state index in [1.807, 2.05) is 6.92 Å². The predicted molar refractivity (Wildman–Crippen MR) is 80.7 cm³/mol. The van der Waals surface area contributed by atoms with Gasteiger partial charge in [0.2, 0.25) is 0 Å². The van der Waals surface area contributed by atoms with Crippen molar-refractivity contribution < 1.29 is 5.11 Å².